The lowest BCUT2D eigenvalue weighted by atomic mass is 9.84. The third-order valence-corrected chi connectivity index (χ3v) is 7.96. The molecular formula is C27H38N4O2S. The molecule has 1 aliphatic carbocycles. The van der Waals surface area contributed by atoms with Crippen molar-refractivity contribution in [2.24, 2.45) is 5.92 Å². The number of ether oxygens (including phenoxy) is 1. The number of aromatic nitrogens is 2. The van der Waals surface area contributed by atoms with Gasteiger partial charge in [-0.15, -0.1) is 17.9 Å². The van der Waals surface area contributed by atoms with E-state index < -0.39 is 0 Å². The predicted octanol–water partition coefficient (Wildman–Crippen LogP) is 4.51. The Hall–Kier alpha value is -2.25. The Morgan fingerprint density at radius 3 is 2.85 bits per heavy atom. The Bertz CT molecular complexity index is 952. The zero-order valence-corrected chi connectivity index (χ0v) is 21.2. The number of nitrogens with zero attached hydrogens (tertiary/aromatic N) is 3. The van der Waals surface area contributed by atoms with Crippen LogP contribution < -0.4 is 10.1 Å². The van der Waals surface area contributed by atoms with Crippen LogP contribution >= 0.6 is 11.3 Å². The van der Waals surface area contributed by atoms with E-state index in [9.17, 15) is 4.79 Å². The molecule has 0 aromatic carbocycles. The zero-order chi connectivity index (χ0) is 23.8. The highest BCUT2D eigenvalue weighted by molar-refractivity contribution is 7.11. The first kappa shape index (κ1) is 24.9. The molecule has 6 nitrogen and oxygen atoms in total. The SMILES string of the molecule is C=CCCOc1ccc2c(n1)CCN(CC[C@H]1CC[C@H](NC(=O)Cc3cnc(C)s3)CC1)CC2. The molecule has 2 aromatic rings. The van der Waals surface area contributed by atoms with Crippen molar-refractivity contribution >= 4 is 17.2 Å². The van der Waals surface area contributed by atoms with Crippen LogP contribution in [0.3, 0.4) is 0 Å². The lowest BCUT2D eigenvalue weighted by Crippen LogP contribution is -2.38. The molecule has 34 heavy (non-hydrogen) atoms. The Morgan fingerprint density at radius 2 is 2.09 bits per heavy atom. The molecular weight excluding hydrogens is 444 g/mol. The molecule has 2 aliphatic rings. The Labute approximate surface area is 207 Å². The summed E-state index contributed by atoms with van der Waals surface area (Å²) in [5.74, 6) is 1.64. The summed E-state index contributed by atoms with van der Waals surface area (Å²) < 4.78 is 5.75. The molecule has 1 fully saturated rings. The fourth-order valence-electron chi connectivity index (χ4n) is 5.04. The molecule has 7 heteroatoms. The number of fused-ring (bicyclic) bond motifs is 1. The van der Waals surface area contributed by atoms with Crippen LogP contribution in [0.1, 0.15) is 59.7 Å². The molecule has 2 aromatic heterocycles. The van der Waals surface area contributed by atoms with Gasteiger partial charge in [-0.2, -0.15) is 0 Å². The number of nitrogens with one attached hydrogen (secondary N) is 1. The molecule has 1 saturated carbocycles. The Kier molecular flexibility index (Phi) is 9.11. The van der Waals surface area contributed by atoms with E-state index in [0.29, 0.717) is 19.1 Å². The zero-order valence-electron chi connectivity index (χ0n) is 20.4. The second-order valence-electron chi connectivity index (χ2n) is 9.62. The molecule has 0 saturated heterocycles. The molecule has 3 heterocycles. The van der Waals surface area contributed by atoms with Crippen molar-refractivity contribution < 1.29 is 9.53 Å². The van der Waals surface area contributed by atoms with E-state index in [1.807, 2.05) is 25.3 Å². The van der Waals surface area contributed by atoms with Crippen LogP contribution in [-0.2, 0) is 24.1 Å². The van der Waals surface area contributed by atoms with Gasteiger partial charge in [0.25, 0.3) is 0 Å². The molecule has 0 spiro atoms. The van der Waals surface area contributed by atoms with Crippen molar-refractivity contribution in [2.75, 3.05) is 26.2 Å². The molecule has 0 bridgehead atoms. The van der Waals surface area contributed by atoms with Gasteiger partial charge in [-0.25, -0.2) is 9.97 Å². The highest BCUT2D eigenvalue weighted by Gasteiger charge is 2.24. The fourth-order valence-corrected chi connectivity index (χ4v) is 5.84. The minimum absolute atomic E-state index is 0.138. The maximum atomic E-state index is 12.4. The van der Waals surface area contributed by atoms with Crippen LogP contribution in [0.25, 0.3) is 0 Å². The van der Waals surface area contributed by atoms with Gasteiger partial charge in [0.05, 0.1) is 18.0 Å². The van der Waals surface area contributed by atoms with Gasteiger partial charge in [-0.05, 0) is 69.9 Å². The Morgan fingerprint density at radius 1 is 1.26 bits per heavy atom. The molecule has 4 rings (SSSR count). The van der Waals surface area contributed by atoms with Crippen LogP contribution in [0.5, 0.6) is 5.88 Å². The van der Waals surface area contributed by atoms with E-state index in [1.165, 1.54) is 30.5 Å². The van der Waals surface area contributed by atoms with Crippen LogP contribution in [0, 0.1) is 12.8 Å². The maximum Gasteiger partial charge on any atom is 0.225 e. The van der Waals surface area contributed by atoms with E-state index >= 15 is 0 Å². The van der Waals surface area contributed by atoms with Crippen LogP contribution in [0.15, 0.2) is 31.0 Å². The van der Waals surface area contributed by atoms with Crippen LogP contribution in [-0.4, -0.2) is 53.1 Å². The van der Waals surface area contributed by atoms with Crippen molar-refractivity contribution in [1.82, 2.24) is 20.2 Å². The lowest BCUT2D eigenvalue weighted by molar-refractivity contribution is -0.121. The summed E-state index contributed by atoms with van der Waals surface area (Å²) >= 11 is 1.61. The van der Waals surface area contributed by atoms with E-state index in [2.05, 4.69) is 27.8 Å². The fraction of sp³-hybridized carbons (Fsp3) is 0.593. The topological polar surface area (TPSA) is 67.3 Å². The smallest absolute Gasteiger partial charge is 0.225 e. The predicted molar refractivity (Wildman–Crippen MR) is 137 cm³/mol. The number of carbonyl (C=O) groups excluding carboxylic acids is 1. The van der Waals surface area contributed by atoms with Gasteiger partial charge in [0, 0.05) is 48.4 Å². The quantitative estimate of drug-likeness (QED) is 0.399. The summed E-state index contributed by atoms with van der Waals surface area (Å²) in [6.45, 7) is 9.68. The van der Waals surface area contributed by atoms with Gasteiger partial charge in [-0.1, -0.05) is 12.1 Å². The van der Waals surface area contributed by atoms with Crippen molar-refractivity contribution in [3.05, 3.63) is 52.1 Å². The molecule has 0 radical (unpaired) electrons. The van der Waals surface area contributed by atoms with Gasteiger partial charge in [-0.3, -0.25) is 4.79 Å². The normalized spacial score (nSPS) is 20.9. The first-order valence-corrected chi connectivity index (χ1v) is 13.6. The van der Waals surface area contributed by atoms with Crippen molar-refractivity contribution in [3.63, 3.8) is 0 Å². The van der Waals surface area contributed by atoms with Crippen LogP contribution in [0.4, 0.5) is 0 Å². The molecule has 184 valence electrons. The monoisotopic (exact) mass is 482 g/mol. The molecule has 1 N–H and O–H groups in total. The number of aryl methyl sites for hydroxylation is 1. The number of carbonyl (C=O) groups is 1. The third kappa shape index (κ3) is 7.37. The lowest BCUT2D eigenvalue weighted by Gasteiger charge is -2.30. The number of amides is 1. The summed E-state index contributed by atoms with van der Waals surface area (Å²) in [4.78, 5) is 25.0. The number of pyridine rings is 1. The molecule has 0 atom stereocenters. The highest BCUT2D eigenvalue weighted by atomic mass is 32.1. The van der Waals surface area contributed by atoms with Crippen molar-refractivity contribution in [2.45, 2.75) is 70.8 Å². The van der Waals surface area contributed by atoms with Gasteiger partial charge >= 0.3 is 0 Å². The summed E-state index contributed by atoms with van der Waals surface area (Å²) in [5, 5.41) is 4.27. The molecule has 0 unspecified atom stereocenters. The summed E-state index contributed by atoms with van der Waals surface area (Å²) in [6, 6.07) is 4.54. The number of hydrogen-bond donors (Lipinski definition) is 1. The third-order valence-electron chi connectivity index (χ3n) is 7.05. The number of hydrogen-bond acceptors (Lipinski definition) is 6. The van der Waals surface area contributed by atoms with Crippen molar-refractivity contribution in [1.29, 1.82) is 0 Å². The van der Waals surface area contributed by atoms with Crippen molar-refractivity contribution in [3.8, 4) is 5.88 Å². The Balaban J connectivity index is 1.15. The second-order valence-corrected chi connectivity index (χ2v) is 10.9. The van der Waals surface area contributed by atoms with Gasteiger partial charge < -0.3 is 15.0 Å². The van der Waals surface area contributed by atoms with E-state index in [-0.39, 0.29) is 5.91 Å². The average molecular weight is 483 g/mol. The average Bonchev–Trinajstić information content (AvgIpc) is 3.13. The van der Waals surface area contributed by atoms with E-state index in [1.54, 1.807) is 11.3 Å². The molecule has 1 aliphatic heterocycles. The standard InChI is InChI=1S/C27H38N4O2S/c1-3-4-17-33-27-10-7-22-12-15-31(16-13-25(22)30-27)14-11-21-5-8-23(9-6-21)29-26(32)18-24-19-28-20(2)34-24/h3,7,10,19,21,23H,1,4-6,8-9,11-18H2,2H3,(H,29,32)/t21-,23-. The van der Waals surface area contributed by atoms with E-state index in [4.69, 9.17) is 9.72 Å². The summed E-state index contributed by atoms with van der Waals surface area (Å²) in [7, 11) is 0. The first-order valence-electron chi connectivity index (χ1n) is 12.7. The largest absolute Gasteiger partial charge is 0.477 e. The van der Waals surface area contributed by atoms with Gasteiger partial charge in [0.1, 0.15) is 0 Å². The van der Waals surface area contributed by atoms with Crippen LogP contribution in [0.2, 0.25) is 0 Å². The van der Waals surface area contributed by atoms with Gasteiger partial charge in [0.15, 0.2) is 0 Å². The highest BCUT2D eigenvalue weighted by Crippen LogP contribution is 2.28. The maximum absolute atomic E-state index is 12.4. The first-order chi connectivity index (χ1) is 16.6. The number of rotatable bonds is 10. The minimum Gasteiger partial charge on any atom is -0.477 e. The summed E-state index contributed by atoms with van der Waals surface area (Å²) in [6.07, 6.45) is 12.9. The number of thiazole rings is 1. The van der Waals surface area contributed by atoms with E-state index in [0.717, 1.165) is 73.4 Å². The minimum atomic E-state index is 0.138. The summed E-state index contributed by atoms with van der Waals surface area (Å²) in [5.41, 5.74) is 2.56. The second kappa shape index (κ2) is 12.5. The van der Waals surface area contributed by atoms with Gasteiger partial charge in [0.2, 0.25) is 11.8 Å². The molecule has 1 amide bonds.